The third-order valence-corrected chi connectivity index (χ3v) is 5.46. The number of fused-ring (bicyclic) bond motifs is 1. The summed E-state index contributed by atoms with van der Waals surface area (Å²) in [7, 11) is 0. The van der Waals surface area contributed by atoms with Crippen LogP contribution in [-0.2, 0) is 9.53 Å². The van der Waals surface area contributed by atoms with Crippen LogP contribution in [0, 0.1) is 5.82 Å². The van der Waals surface area contributed by atoms with Gasteiger partial charge in [-0.15, -0.1) is 0 Å². The zero-order chi connectivity index (χ0) is 19.5. The second-order valence-electron chi connectivity index (χ2n) is 7.31. The van der Waals surface area contributed by atoms with Gasteiger partial charge in [-0.3, -0.25) is 14.5 Å². The normalized spacial score (nSPS) is 20.7. The van der Waals surface area contributed by atoms with Crippen molar-refractivity contribution in [3.05, 3.63) is 47.8 Å². The van der Waals surface area contributed by atoms with E-state index in [4.69, 9.17) is 4.74 Å². The SMILES string of the molecule is O=C(NC1CC(=O)N(CCN2CCOCC2)C1)c1ccc(F)c2ccccc12. The van der Waals surface area contributed by atoms with Gasteiger partial charge in [-0.1, -0.05) is 24.3 Å². The number of ether oxygens (including phenoxy) is 1. The summed E-state index contributed by atoms with van der Waals surface area (Å²) in [5, 5.41) is 3.95. The smallest absolute Gasteiger partial charge is 0.252 e. The maximum absolute atomic E-state index is 14.0. The molecule has 1 atom stereocenters. The first-order valence-electron chi connectivity index (χ1n) is 9.68. The molecule has 0 aromatic heterocycles. The summed E-state index contributed by atoms with van der Waals surface area (Å²) < 4.78 is 19.3. The first-order valence-corrected chi connectivity index (χ1v) is 9.68. The van der Waals surface area contributed by atoms with Gasteiger partial charge < -0.3 is 15.0 Å². The standard InChI is InChI=1S/C21H24FN3O3/c22-19-6-5-18(16-3-1-2-4-17(16)19)21(27)23-15-13-20(26)25(14-15)8-7-24-9-11-28-12-10-24/h1-6,15H,7-14H2,(H,23,27). The van der Waals surface area contributed by atoms with E-state index in [9.17, 15) is 14.0 Å². The number of benzene rings is 2. The van der Waals surface area contributed by atoms with E-state index in [0.29, 0.717) is 35.8 Å². The lowest BCUT2D eigenvalue weighted by Gasteiger charge is -2.28. The fourth-order valence-electron chi connectivity index (χ4n) is 3.90. The summed E-state index contributed by atoms with van der Waals surface area (Å²) in [4.78, 5) is 29.2. The largest absolute Gasteiger partial charge is 0.379 e. The number of halogens is 1. The van der Waals surface area contributed by atoms with Gasteiger partial charge >= 0.3 is 0 Å². The second kappa shape index (κ2) is 8.24. The Kier molecular flexibility index (Phi) is 5.54. The molecule has 0 aliphatic carbocycles. The fourth-order valence-corrected chi connectivity index (χ4v) is 3.90. The number of rotatable bonds is 5. The fraction of sp³-hybridized carbons (Fsp3) is 0.429. The molecule has 1 N–H and O–H groups in total. The Labute approximate surface area is 163 Å². The Morgan fingerprint density at radius 3 is 2.64 bits per heavy atom. The van der Waals surface area contributed by atoms with Gasteiger partial charge in [-0.05, 0) is 17.5 Å². The van der Waals surface area contributed by atoms with E-state index < -0.39 is 0 Å². The van der Waals surface area contributed by atoms with Gasteiger partial charge in [-0.25, -0.2) is 4.39 Å². The third kappa shape index (κ3) is 4.00. The minimum Gasteiger partial charge on any atom is -0.379 e. The van der Waals surface area contributed by atoms with Gasteiger partial charge in [0.25, 0.3) is 5.91 Å². The van der Waals surface area contributed by atoms with Crippen molar-refractivity contribution >= 4 is 22.6 Å². The molecular weight excluding hydrogens is 361 g/mol. The number of carbonyl (C=O) groups excluding carboxylic acids is 2. The van der Waals surface area contributed by atoms with E-state index in [1.54, 1.807) is 24.3 Å². The molecule has 2 saturated heterocycles. The number of morpholine rings is 1. The van der Waals surface area contributed by atoms with E-state index >= 15 is 0 Å². The topological polar surface area (TPSA) is 61.9 Å². The summed E-state index contributed by atoms with van der Waals surface area (Å²) in [6, 6.07) is 9.51. The number of hydrogen-bond acceptors (Lipinski definition) is 4. The number of hydrogen-bond donors (Lipinski definition) is 1. The molecule has 2 aromatic rings. The molecular formula is C21H24FN3O3. The molecule has 28 heavy (non-hydrogen) atoms. The Morgan fingerprint density at radius 1 is 1.11 bits per heavy atom. The van der Waals surface area contributed by atoms with E-state index in [1.165, 1.54) is 12.1 Å². The average Bonchev–Trinajstić information content (AvgIpc) is 3.06. The van der Waals surface area contributed by atoms with Gasteiger partial charge in [0.15, 0.2) is 0 Å². The third-order valence-electron chi connectivity index (χ3n) is 5.46. The molecule has 2 aliphatic rings. The van der Waals surface area contributed by atoms with Crippen molar-refractivity contribution in [2.45, 2.75) is 12.5 Å². The molecule has 2 heterocycles. The number of amides is 2. The number of nitrogens with zero attached hydrogens (tertiary/aromatic N) is 2. The lowest BCUT2D eigenvalue weighted by molar-refractivity contribution is -0.128. The van der Waals surface area contributed by atoms with Gasteiger partial charge in [-0.2, -0.15) is 0 Å². The molecule has 0 spiro atoms. The quantitative estimate of drug-likeness (QED) is 0.850. The van der Waals surface area contributed by atoms with Crippen molar-refractivity contribution in [3.8, 4) is 0 Å². The van der Waals surface area contributed by atoms with Gasteiger partial charge in [0.05, 0.1) is 19.3 Å². The Balaban J connectivity index is 1.38. The summed E-state index contributed by atoms with van der Waals surface area (Å²) >= 11 is 0. The van der Waals surface area contributed by atoms with E-state index in [2.05, 4.69) is 10.2 Å². The zero-order valence-electron chi connectivity index (χ0n) is 15.7. The van der Waals surface area contributed by atoms with Gasteiger partial charge in [0.2, 0.25) is 5.91 Å². The maximum Gasteiger partial charge on any atom is 0.252 e. The lowest BCUT2D eigenvalue weighted by Crippen LogP contribution is -2.42. The van der Waals surface area contributed by atoms with Crippen LogP contribution in [0.3, 0.4) is 0 Å². The Bertz CT molecular complexity index is 882. The molecule has 7 heteroatoms. The predicted molar refractivity (Wildman–Crippen MR) is 104 cm³/mol. The molecule has 2 aromatic carbocycles. The Hall–Kier alpha value is -2.51. The van der Waals surface area contributed by atoms with Crippen LogP contribution in [0.1, 0.15) is 16.8 Å². The van der Waals surface area contributed by atoms with Crippen LogP contribution in [0.2, 0.25) is 0 Å². The van der Waals surface area contributed by atoms with E-state index in [1.807, 2.05) is 4.90 Å². The molecule has 6 nitrogen and oxygen atoms in total. The van der Waals surface area contributed by atoms with Crippen LogP contribution >= 0.6 is 0 Å². The molecule has 0 bridgehead atoms. The minimum absolute atomic E-state index is 0.0579. The summed E-state index contributed by atoms with van der Waals surface area (Å²) in [6.45, 7) is 5.23. The molecule has 1 unspecified atom stereocenters. The van der Waals surface area contributed by atoms with Crippen LogP contribution in [0.5, 0.6) is 0 Å². The molecule has 2 amide bonds. The van der Waals surface area contributed by atoms with E-state index in [0.717, 1.165) is 32.8 Å². The summed E-state index contributed by atoms with van der Waals surface area (Å²) in [6.07, 6.45) is 0.300. The number of likely N-dealkylation sites (tertiary alicyclic amines) is 1. The predicted octanol–water partition coefficient (Wildman–Crippen LogP) is 1.64. The van der Waals surface area contributed by atoms with Gasteiger partial charge in [0, 0.05) is 50.1 Å². The second-order valence-corrected chi connectivity index (χ2v) is 7.31. The highest BCUT2D eigenvalue weighted by Gasteiger charge is 2.31. The van der Waals surface area contributed by atoms with Crippen LogP contribution in [0.15, 0.2) is 36.4 Å². The average molecular weight is 385 g/mol. The van der Waals surface area contributed by atoms with Crippen LogP contribution in [0.25, 0.3) is 10.8 Å². The van der Waals surface area contributed by atoms with Crippen molar-refractivity contribution in [2.75, 3.05) is 45.9 Å². The summed E-state index contributed by atoms with van der Waals surface area (Å²) in [5.74, 6) is -0.566. The van der Waals surface area contributed by atoms with Crippen molar-refractivity contribution < 1.29 is 18.7 Å². The monoisotopic (exact) mass is 385 g/mol. The first kappa shape index (κ1) is 18.8. The van der Waals surface area contributed by atoms with E-state index in [-0.39, 0.29) is 23.7 Å². The van der Waals surface area contributed by atoms with Crippen molar-refractivity contribution in [2.24, 2.45) is 0 Å². The van der Waals surface area contributed by atoms with Gasteiger partial charge in [0.1, 0.15) is 5.82 Å². The van der Waals surface area contributed by atoms with Crippen LogP contribution in [0.4, 0.5) is 4.39 Å². The van der Waals surface area contributed by atoms with Crippen LogP contribution in [-0.4, -0.2) is 73.6 Å². The lowest BCUT2D eigenvalue weighted by atomic mass is 10.0. The molecule has 0 saturated carbocycles. The molecule has 148 valence electrons. The first-order chi connectivity index (χ1) is 13.6. The van der Waals surface area contributed by atoms with Crippen molar-refractivity contribution in [3.63, 3.8) is 0 Å². The highest BCUT2D eigenvalue weighted by atomic mass is 19.1. The molecule has 0 radical (unpaired) electrons. The highest BCUT2D eigenvalue weighted by Crippen LogP contribution is 2.22. The molecule has 2 aliphatic heterocycles. The molecule has 2 fully saturated rings. The summed E-state index contributed by atoms with van der Waals surface area (Å²) in [5.41, 5.74) is 0.427. The number of nitrogens with one attached hydrogen (secondary N) is 1. The number of carbonyl (C=O) groups is 2. The Morgan fingerprint density at radius 2 is 1.86 bits per heavy atom. The van der Waals surface area contributed by atoms with Crippen molar-refractivity contribution in [1.29, 1.82) is 0 Å². The highest BCUT2D eigenvalue weighted by molar-refractivity contribution is 6.07. The maximum atomic E-state index is 14.0. The minimum atomic E-state index is -0.350. The van der Waals surface area contributed by atoms with Crippen molar-refractivity contribution in [1.82, 2.24) is 15.1 Å². The van der Waals surface area contributed by atoms with Crippen LogP contribution < -0.4 is 5.32 Å². The zero-order valence-corrected chi connectivity index (χ0v) is 15.7. The molecule has 4 rings (SSSR count).